The highest BCUT2D eigenvalue weighted by Crippen LogP contribution is 2.28. The number of benzene rings is 3. The normalized spacial score (nSPS) is 10.5. The van der Waals surface area contributed by atoms with Gasteiger partial charge in [0.2, 0.25) is 0 Å². The van der Waals surface area contributed by atoms with Crippen molar-refractivity contribution < 1.29 is 24.2 Å². The Labute approximate surface area is 198 Å². The number of hydrogen-bond acceptors (Lipinski definition) is 4. The topological polar surface area (TPSA) is 84.9 Å². The van der Waals surface area contributed by atoms with Gasteiger partial charge in [0, 0.05) is 23.6 Å². The Kier molecular flexibility index (Phi) is 8.72. The fourth-order valence-corrected chi connectivity index (χ4v) is 3.49. The number of hydrogen-bond donors (Lipinski definition) is 2. The van der Waals surface area contributed by atoms with E-state index in [1.54, 1.807) is 18.2 Å². The molecule has 0 atom stereocenters. The summed E-state index contributed by atoms with van der Waals surface area (Å²) in [7, 11) is 0. The lowest BCUT2D eigenvalue weighted by Gasteiger charge is -2.14. The van der Waals surface area contributed by atoms with Crippen molar-refractivity contribution in [1.29, 1.82) is 0 Å². The van der Waals surface area contributed by atoms with Crippen molar-refractivity contribution in [2.45, 2.75) is 26.3 Å². The molecule has 0 aliphatic rings. The Morgan fingerprint density at radius 1 is 0.970 bits per heavy atom. The lowest BCUT2D eigenvalue weighted by atomic mass is 9.99. The van der Waals surface area contributed by atoms with Gasteiger partial charge in [-0.25, -0.2) is 4.79 Å². The molecule has 0 radical (unpaired) electrons. The number of amides is 1. The maximum atomic E-state index is 12.2. The van der Waals surface area contributed by atoms with Crippen LogP contribution in [0, 0.1) is 0 Å². The molecule has 0 aliphatic heterocycles. The van der Waals surface area contributed by atoms with Crippen molar-refractivity contribution in [3.05, 3.63) is 88.4 Å². The summed E-state index contributed by atoms with van der Waals surface area (Å²) in [5, 5.41) is 12.5. The van der Waals surface area contributed by atoms with Crippen LogP contribution in [0.1, 0.15) is 23.6 Å². The van der Waals surface area contributed by atoms with Gasteiger partial charge < -0.3 is 19.9 Å². The molecule has 0 saturated heterocycles. The van der Waals surface area contributed by atoms with Gasteiger partial charge in [-0.2, -0.15) is 0 Å². The summed E-state index contributed by atoms with van der Waals surface area (Å²) in [6.07, 6.45) is 0.0400. The van der Waals surface area contributed by atoms with Gasteiger partial charge in [0.25, 0.3) is 0 Å². The van der Waals surface area contributed by atoms with E-state index in [-0.39, 0.29) is 19.6 Å². The summed E-state index contributed by atoms with van der Waals surface area (Å²) < 4.78 is 11.0. The van der Waals surface area contributed by atoms with Crippen LogP contribution in [0.4, 0.5) is 4.79 Å². The fourth-order valence-electron chi connectivity index (χ4n) is 3.36. The fraction of sp³-hybridized carbons (Fsp3) is 0.231. The van der Waals surface area contributed by atoms with Crippen LogP contribution in [0.15, 0.2) is 66.7 Å². The Balaban J connectivity index is 1.64. The molecule has 172 valence electrons. The van der Waals surface area contributed by atoms with Gasteiger partial charge in [0.15, 0.2) is 0 Å². The number of nitrogens with one attached hydrogen (secondary N) is 1. The number of carbonyl (C=O) groups excluding carboxylic acids is 1. The largest absolute Gasteiger partial charge is 0.494 e. The van der Waals surface area contributed by atoms with Crippen LogP contribution in [0.5, 0.6) is 5.75 Å². The monoisotopic (exact) mass is 467 g/mol. The molecule has 7 heteroatoms. The van der Waals surface area contributed by atoms with E-state index in [1.165, 1.54) is 0 Å². The standard InChI is InChI=1S/C26H26ClNO5/c1-2-32-24-11-8-21(20-5-3-4-19(14-20)15-25(29)30)16-22(24)17-28-26(31)33-13-12-18-6-9-23(27)10-7-18/h3-11,14,16H,2,12-13,15,17H2,1H3,(H,28,31)(H,29,30). The van der Waals surface area contributed by atoms with Crippen LogP contribution in [0.3, 0.4) is 0 Å². The minimum Gasteiger partial charge on any atom is -0.494 e. The Morgan fingerprint density at radius 2 is 1.73 bits per heavy atom. The molecule has 3 aromatic rings. The van der Waals surface area contributed by atoms with Crippen LogP contribution >= 0.6 is 11.6 Å². The molecule has 33 heavy (non-hydrogen) atoms. The maximum absolute atomic E-state index is 12.2. The lowest BCUT2D eigenvalue weighted by molar-refractivity contribution is -0.136. The molecule has 6 nitrogen and oxygen atoms in total. The Bertz CT molecular complexity index is 1100. The van der Waals surface area contributed by atoms with Crippen LogP contribution in [0.25, 0.3) is 11.1 Å². The van der Waals surface area contributed by atoms with E-state index in [0.717, 1.165) is 27.8 Å². The molecule has 0 aromatic heterocycles. The molecule has 0 unspecified atom stereocenters. The second-order valence-electron chi connectivity index (χ2n) is 7.39. The van der Waals surface area contributed by atoms with Gasteiger partial charge in [-0.05, 0) is 53.4 Å². The van der Waals surface area contributed by atoms with Crippen molar-refractivity contribution in [1.82, 2.24) is 5.32 Å². The number of rotatable bonds is 10. The number of carbonyl (C=O) groups is 2. The molecule has 0 spiro atoms. The quantitative estimate of drug-likeness (QED) is 0.411. The minimum atomic E-state index is -0.877. The van der Waals surface area contributed by atoms with Crippen molar-refractivity contribution in [2.75, 3.05) is 13.2 Å². The van der Waals surface area contributed by atoms with E-state index in [0.29, 0.717) is 23.8 Å². The van der Waals surface area contributed by atoms with Crippen LogP contribution < -0.4 is 10.1 Å². The SMILES string of the molecule is CCOc1ccc(-c2cccc(CC(=O)O)c2)cc1CNC(=O)OCCc1ccc(Cl)cc1. The van der Waals surface area contributed by atoms with E-state index >= 15 is 0 Å². The van der Waals surface area contributed by atoms with Crippen molar-refractivity contribution in [2.24, 2.45) is 0 Å². The molecule has 3 rings (SSSR count). The predicted molar refractivity (Wildman–Crippen MR) is 128 cm³/mol. The Hall–Kier alpha value is -3.51. The summed E-state index contributed by atoms with van der Waals surface area (Å²) in [5.41, 5.74) is 4.34. The van der Waals surface area contributed by atoms with Crippen molar-refractivity contribution >= 4 is 23.7 Å². The third-order valence-electron chi connectivity index (χ3n) is 4.94. The van der Waals surface area contributed by atoms with Gasteiger partial charge >= 0.3 is 12.1 Å². The third-order valence-corrected chi connectivity index (χ3v) is 5.19. The van der Waals surface area contributed by atoms with E-state index < -0.39 is 12.1 Å². The zero-order valence-electron chi connectivity index (χ0n) is 18.3. The number of ether oxygens (including phenoxy) is 2. The Morgan fingerprint density at radius 3 is 2.45 bits per heavy atom. The van der Waals surface area contributed by atoms with E-state index in [2.05, 4.69) is 5.32 Å². The molecule has 2 N–H and O–H groups in total. The maximum Gasteiger partial charge on any atom is 0.407 e. The molecule has 0 heterocycles. The van der Waals surface area contributed by atoms with Gasteiger partial charge in [0.05, 0.1) is 19.6 Å². The first-order valence-electron chi connectivity index (χ1n) is 10.7. The first kappa shape index (κ1) is 24.1. The average molecular weight is 468 g/mol. The summed E-state index contributed by atoms with van der Waals surface area (Å²) >= 11 is 5.88. The van der Waals surface area contributed by atoms with E-state index in [4.69, 9.17) is 26.2 Å². The van der Waals surface area contributed by atoms with Crippen LogP contribution in [-0.2, 0) is 28.9 Å². The summed E-state index contributed by atoms with van der Waals surface area (Å²) in [6.45, 7) is 2.87. The number of aliphatic carboxylic acids is 1. The summed E-state index contributed by atoms with van der Waals surface area (Å²) in [5.74, 6) is -0.206. The predicted octanol–water partition coefficient (Wildman–Crippen LogP) is 5.50. The molecule has 1 amide bonds. The van der Waals surface area contributed by atoms with Gasteiger partial charge in [-0.15, -0.1) is 0 Å². The van der Waals surface area contributed by atoms with Gasteiger partial charge in [-0.3, -0.25) is 4.79 Å². The molecule has 0 aliphatic carbocycles. The first-order chi connectivity index (χ1) is 15.9. The lowest BCUT2D eigenvalue weighted by Crippen LogP contribution is -2.25. The highest BCUT2D eigenvalue weighted by Gasteiger charge is 2.10. The molecule has 0 saturated carbocycles. The number of halogens is 1. The molecule has 0 bridgehead atoms. The minimum absolute atomic E-state index is 0.0405. The zero-order valence-corrected chi connectivity index (χ0v) is 19.1. The summed E-state index contributed by atoms with van der Waals surface area (Å²) in [6, 6.07) is 20.5. The zero-order chi connectivity index (χ0) is 23.6. The molecule has 3 aromatic carbocycles. The third kappa shape index (κ3) is 7.54. The highest BCUT2D eigenvalue weighted by molar-refractivity contribution is 6.30. The van der Waals surface area contributed by atoms with E-state index in [1.807, 2.05) is 55.5 Å². The second-order valence-corrected chi connectivity index (χ2v) is 7.83. The van der Waals surface area contributed by atoms with Gasteiger partial charge in [0.1, 0.15) is 5.75 Å². The summed E-state index contributed by atoms with van der Waals surface area (Å²) in [4.78, 5) is 23.2. The molecular weight excluding hydrogens is 442 g/mol. The van der Waals surface area contributed by atoms with Crippen LogP contribution in [0.2, 0.25) is 5.02 Å². The average Bonchev–Trinajstić information content (AvgIpc) is 2.79. The smallest absolute Gasteiger partial charge is 0.407 e. The number of carboxylic acid groups (broad SMARTS) is 1. The van der Waals surface area contributed by atoms with Crippen molar-refractivity contribution in [3.8, 4) is 16.9 Å². The second kappa shape index (κ2) is 11.9. The van der Waals surface area contributed by atoms with Gasteiger partial charge in [-0.1, -0.05) is 54.1 Å². The number of carboxylic acids is 1. The first-order valence-corrected chi connectivity index (χ1v) is 11.0. The van der Waals surface area contributed by atoms with Crippen LogP contribution in [-0.4, -0.2) is 30.4 Å². The molecule has 0 fully saturated rings. The molecular formula is C26H26ClNO5. The number of alkyl carbamates (subject to hydrolysis) is 1. The van der Waals surface area contributed by atoms with E-state index in [9.17, 15) is 9.59 Å². The van der Waals surface area contributed by atoms with Crippen molar-refractivity contribution in [3.63, 3.8) is 0 Å². The highest BCUT2D eigenvalue weighted by atomic mass is 35.5.